The molecule has 0 saturated heterocycles. The van der Waals surface area contributed by atoms with E-state index in [1.165, 1.54) is 0 Å². The predicted octanol–water partition coefficient (Wildman–Crippen LogP) is 4.29. The molecule has 4 saturated carbocycles. The summed E-state index contributed by atoms with van der Waals surface area (Å²) in [6, 6.07) is 16.5. The first-order valence-corrected chi connectivity index (χ1v) is 10.9. The number of para-hydroxylation sites is 1. The second kappa shape index (κ2) is 7.68. The van der Waals surface area contributed by atoms with Crippen LogP contribution >= 0.6 is 0 Å². The first kappa shape index (κ1) is 20.1. The fourth-order valence-corrected chi connectivity index (χ4v) is 6.17. The number of esters is 1. The van der Waals surface area contributed by atoms with E-state index in [-0.39, 0.29) is 18.5 Å². The molecule has 0 heterocycles. The van der Waals surface area contributed by atoms with E-state index in [1.54, 1.807) is 24.3 Å². The number of nitrogens with one attached hydrogen (secondary N) is 1. The van der Waals surface area contributed by atoms with Crippen molar-refractivity contribution in [2.75, 3.05) is 11.9 Å². The highest BCUT2D eigenvalue weighted by atomic mass is 16.5. The summed E-state index contributed by atoms with van der Waals surface area (Å²) in [6.07, 6.45) is 4.70. The summed E-state index contributed by atoms with van der Waals surface area (Å²) in [5.74, 6) is 1.47. The molecule has 31 heavy (non-hydrogen) atoms. The highest BCUT2D eigenvalue weighted by molar-refractivity contribution is 5.93. The summed E-state index contributed by atoms with van der Waals surface area (Å²) in [6.45, 7) is -0.323. The van der Waals surface area contributed by atoms with E-state index in [1.807, 2.05) is 30.3 Å². The van der Waals surface area contributed by atoms with Crippen molar-refractivity contribution in [1.82, 2.24) is 0 Å². The van der Waals surface area contributed by atoms with Gasteiger partial charge in [0.25, 0.3) is 5.91 Å². The van der Waals surface area contributed by atoms with Gasteiger partial charge in [0.2, 0.25) is 0 Å². The SMILES string of the molecule is O=C(COC(=O)C12CC3CC(CC(O)(C3)C1)C2)Nc1ccc(Oc2ccccc2)cc1. The van der Waals surface area contributed by atoms with Crippen molar-refractivity contribution in [2.45, 2.75) is 44.1 Å². The van der Waals surface area contributed by atoms with Crippen LogP contribution in [0.5, 0.6) is 11.5 Å². The second-order valence-corrected chi connectivity index (χ2v) is 9.53. The zero-order valence-electron chi connectivity index (χ0n) is 17.4. The molecule has 0 aromatic heterocycles. The molecule has 2 aromatic rings. The summed E-state index contributed by atoms with van der Waals surface area (Å²) >= 11 is 0. The topological polar surface area (TPSA) is 84.9 Å². The number of anilines is 1. The predicted molar refractivity (Wildman–Crippen MR) is 115 cm³/mol. The molecule has 2 N–H and O–H groups in total. The molecule has 4 bridgehead atoms. The Morgan fingerprint density at radius 2 is 1.58 bits per heavy atom. The van der Waals surface area contributed by atoms with Gasteiger partial charge in [-0.1, -0.05) is 18.2 Å². The van der Waals surface area contributed by atoms with Gasteiger partial charge in [-0.05, 0) is 86.8 Å². The zero-order valence-corrected chi connectivity index (χ0v) is 17.4. The van der Waals surface area contributed by atoms with Gasteiger partial charge in [-0.3, -0.25) is 9.59 Å². The third-order valence-corrected chi connectivity index (χ3v) is 6.91. The summed E-state index contributed by atoms with van der Waals surface area (Å²) in [4.78, 5) is 25.2. The Labute approximate surface area is 181 Å². The minimum Gasteiger partial charge on any atom is -0.457 e. The van der Waals surface area contributed by atoms with Gasteiger partial charge in [0, 0.05) is 5.69 Å². The van der Waals surface area contributed by atoms with Crippen LogP contribution in [0.4, 0.5) is 5.69 Å². The maximum atomic E-state index is 12.9. The number of amides is 1. The third-order valence-electron chi connectivity index (χ3n) is 6.91. The van der Waals surface area contributed by atoms with E-state index < -0.39 is 11.0 Å². The lowest BCUT2D eigenvalue weighted by Crippen LogP contribution is -2.58. The summed E-state index contributed by atoms with van der Waals surface area (Å²) in [7, 11) is 0. The number of hydrogen-bond acceptors (Lipinski definition) is 5. The Balaban J connectivity index is 1.14. The quantitative estimate of drug-likeness (QED) is 0.680. The molecular formula is C25H27NO5. The molecular weight excluding hydrogens is 394 g/mol. The summed E-state index contributed by atoms with van der Waals surface area (Å²) in [5, 5.41) is 13.6. The lowest BCUT2D eigenvalue weighted by molar-refractivity contribution is -0.196. The van der Waals surface area contributed by atoms with E-state index in [4.69, 9.17) is 9.47 Å². The molecule has 4 aliphatic rings. The lowest BCUT2D eigenvalue weighted by Gasteiger charge is -2.58. The molecule has 4 aliphatic carbocycles. The number of benzene rings is 2. The second-order valence-electron chi connectivity index (χ2n) is 9.53. The first-order chi connectivity index (χ1) is 14.9. The van der Waals surface area contributed by atoms with Crippen LogP contribution in [0.2, 0.25) is 0 Å². The summed E-state index contributed by atoms with van der Waals surface area (Å²) < 4.78 is 11.2. The standard InChI is InChI=1S/C25H27NO5/c27-22(26-19-6-8-21(9-7-19)31-20-4-2-1-3-5-20)15-30-23(28)24-11-17-10-18(12-24)14-25(29,13-17)16-24/h1-9,17-18,29H,10-16H2,(H,26,27). The van der Waals surface area contributed by atoms with Gasteiger partial charge < -0.3 is 19.9 Å². The van der Waals surface area contributed by atoms with Gasteiger partial charge >= 0.3 is 5.97 Å². The monoisotopic (exact) mass is 421 g/mol. The van der Waals surface area contributed by atoms with Crippen LogP contribution in [0, 0.1) is 17.3 Å². The number of ether oxygens (including phenoxy) is 2. The lowest BCUT2D eigenvalue weighted by atomic mass is 9.48. The van der Waals surface area contributed by atoms with Crippen molar-refractivity contribution in [3.63, 3.8) is 0 Å². The molecule has 6 heteroatoms. The fraction of sp³-hybridized carbons (Fsp3) is 0.440. The molecule has 2 aromatic carbocycles. The highest BCUT2D eigenvalue weighted by Crippen LogP contribution is 2.61. The van der Waals surface area contributed by atoms with Crippen LogP contribution < -0.4 is 10.1 Å². The van der Waals surface area contributed by atoms with Gasteiger partial charge in [-0.15, -0.1) is 0 Å². The maximum absolute atomic E-state index is 12.9. The molecule has 6 nitrogen and oxygen atoms in total. The fourth-order valence-electron chi connectivity index (χ4n) is 6.17. The van der Waals surface area contributed by atoms with E-state index in [9.17, 15) is 14.7 Å². The smallest absolute Gasteiger partial charge is 0.312 e. The van der Waals surface area contributed by atoms with Crippen molar-refractivity contribution < 1.29 is 24.2 Å². The van der Waals surface area contributed by atoms with Crippen molar-refractivity contribution in [3.05, 3.63) is 54.6 Å². The largest absolute Gasteiger partial charge is 0.457 e. The van der Waals surface area contributed by atoms with Crippen molar-refractivity contribution in [2.24, 2.45) is 17.3 Å². The molecule has 2 unspecified atom stereocenters. The van der Waals surface area contributed by atoms with Crippen molar-refractivity contribution in [1.29, 1.82) is 0 Å². The Bertz CT molecular complexity index is 957. The zero-order chi connectivity index (χ0) is 21.5. The van der Waals surface area contributed by atoms with Gasteiger partial charge in [0.15, 0.2) is 6.61 Å². The minimum atomic E-state index is -0.727. The average molecular weight is 421 g/mol. The maximum Gasteiger partial charge on any atom is 0.312 e. The third kappa shape index (κ3) is 4.17. The van der Waals surface area contributed by atoms with Crippen LogP contribution in [0.25, 0.3) is 0 Å². The molecule has 0 aliphatic heterocycles. The van der Waals surface area contributed by atoms with Crippen molar-refractivity contribution >= 4 is 17.6 Å². The molecule has 0 spiro atoms. The minimum absolute atomic E-state index is 0.323. The van der Waals surface area contributed by atoms with Crippen molar-refractivity contribution in [3.8, 4) is 11.5 Å². The Kier molecular flexibility index (Phi) is 4.97. The molecule has 0 radical (unpaired) electrons. The van der Waals surface area contributed by atoms with Crippen LogP contribution in [0.3, 0.4) is 0 Å². The highest BCUT2D eigenvalue weighted by Gasteiger charge is 2.60. The number of carbonyl (C=O) groups is 2. The Morgan fingerprint density at radius 3 is 2.23 bits per heavy atom. The summed E-state index contributed by atoms with van der Waals surface area (Å²) in [5.41, 5.74) is -0.740. The first-order valence-electron chi connectivity index (χ1n) is 10.9. The van der Waals surface area contributed by atoms with Gasteiger partial charge in [0.1, 0.15) is 11.5 Å². The molecule has 2 atom stereocenters. The van der Waals surface area contributed by atoms with Gasteiger partial charge in [-0.2, -0.15) is 0 Å². The van der Waals surface area contributed by atoms with E-state index in [0.29, 0.717) is 29.7 Å². The number of hydrogen-bond donors (Lipinski definition) is 2. The Hall–Kier alpha value is -2.86. The number of carbonyl (C=O) groups excluding carboxylic acids is 2. The van der Waals surface area contributed by atoms with Crippen LogP contribution in [0.1, 0.15) is 38.5 Å². The van der Waals surface area contributed by atoms with E-state index >= 15 is 0 Å². The van der Waals surface area contributed by atoms with E-state index in [0.717, 1.165) is 37.9 Å². The molecule has 162 valence electrons. The Morgan fingerprint density at radius 1 is 0.935 bits per heavy atom. The molecule has 6 rings (SSSR count). The number of rotatable bonds is 6. The van der Waals surface area contributed by atoms with Crippen LogP contribution in [0.15, 0.2) is 54.6 Å². The van der Waals surface area contributed by atoms with Gasteiger partial charge in [0.05, 0.1) is 11.0 Å². The van der Waals surface area contributed by atoms with Gasteiger partial charge in [-0.25, -0.2) is 0 Å². The van der Waals surface area contributed by atoms with E-state index in [2.05, 4.69) is 5.32 Å². The molecule has 1 amide bonds. The molecule has 4 fully saturated rings. The average Bonchev–Trinajstić information content (AvgIpc) is 2.72. The normalized spacial score (nSPS) is 30.6. The number of aliphatic hydroxyl groups is 1. The van der Waals surface area contributed by atoms with Crippen LogP contribution in [-0.2, 0) is 14.3 Å². The van der Waals surface area contributed by atoms with Crippen LogP contribution in [-0.4, -0.2) is 29.2 Å².